The Kier molecular flexibility index (Phi) is 2.98. The minimum atomic E-state index is -0.600. The number of halogens is 1. The van der Waals surface area contributed by atoms with Crippen molar-refractivity contribution in [2.24, 2.45) is 11.3 Å². The molecule has 1 atom stereocenters. The molecule has 0 spiro atoms. The normalized spacial score (nSPS) is 20.3. The van der Waals surface area contributed by atoms with E-state index in [9.17, 15) is 14.9 Å². The number of nitrogens with one attached hydrogen (secondary N) is 1. The highest BCUT2D eigenvalue weighted by Gasteiger charge is 2.50. The lowest BCUT2D eigenvalue weighted by molar-refractivity contribution is -0.384. The molecule has 0 radical (unpaired) electrons. The minimum Gasteiger partial charge on any atom is -0.305 e. The van der Waals surface area contributed by atoms with E-state index in [2.05, 4.69) is 10.3 Å². The van der Waals surface area contributed by atoms with Crippen LogP contribution in [0.1, 0.15) is 20.3 Å². The SMILES string of the molecule is CC1(C)CC1C(=O)Nc1nc(Cl)ccc1[N+](=O)[O-]. The molecule has 1 aliphatic carbocycles. The summed E-state index contributed by atoms with van der Waals surface area (Å²) in [4.78, 5) is 25.8. The predicted octanol–water partition coefficient (Wildman–Crippen LogP) is 2.63. The molecule has 0 aliphatic heterocycles. The molecule has 6 nitrogen and oxygen atoms in total. The summed E-state index contributed by atoms with van der Waals surface area (Å²) in [5, 5.41) is 13.4. The van der Waals surface area contributed by atoms with E-state index in [4.69, 9.17) is 11.6 Å². The van der Waals surface area contributed by atoms with Gasteiger partial charge >= 0.3 is 5.69 Å². The van der Waals surface area contributed by atoms with Crippen LogP contribution in [0.4, 0.5) is 11.5 Å². The van der Waals surface area contributed by atoms with Gasteiger partial charge in [0.2, 0.25) is 11.7 Å². The number of hydrogen-bond donors (Lipinski definition) is 1. The monoisotopic (exact) mass is 269 g/mol. The van der Waals surface area contributed by atoms with Crippen molar-refractivity contribution in [2.45, 2.75) is 20.3 Å². The molecular weight excluding hydrogens is 258 g/mol. The summed E-state index contributed by atoms with van der Waals surface area (Å²) in [5.74, 6) is -0.476. The molecule has 0 saturated heterocycles. The van der Waals surface area contributed by atoms with Crippen molar-refractivity contribution in [3.63, 3.8) is 0 Å². The van der Waals surface area contributed by atoms with E-state index in [0.717, 1.165) is 6.42 Å². The Hall–Kier alpha value is -1.69. The van der Waals surface area contributed by atoms with Crippen molar-refractivity contribution >= 4 is 29.0 Å². The number of pyridine rings is 1. The van der Waals surface area contributed by atoms with Gasteiger partial charge in [-0.3, -0.25) is 14.9 Å². The van der Waals surface area contributed by atoms with Crippen molar-refractivity contribution in [2.75, 3.05) is 5.32 Å². The molecular formula is C11H12ClN3O3. The number of amides is 1. The Labute approximate surface area is 109 Å². The van der Waals surface area contributed by atoms with Gasteiger partial charge in [-0.15, -0.1) is 0 Å². The van der Waals surface area contributed by atoms with Crippen LogP contribution in [-0.2, 0) is 4.79 Å². The van der Waals surface area contributed by atoms with Crippen LogP contribution in [-0.4, -0.2) is 15.8 Å². The van der Waals surface area contributed by atoms with Gasteiger partial charge in [0.05, 0.1) is 4.92 Å². The summed E-state index contributed by atoms with van der Waals surface area (Å²) in [6.07, 6.45) is 0.771. The summed E-state index contributed by atoms with van der Waals surface area (Å²) in [6.45, 7) is 3.94. The molecule has 0 bridgehead atoms. The summed E-state index contributed by atoms with van der Waals surface area (Å²) in [6, 6.07) is 2.54. The van der Waals surface area contributed by atoms with Crippen molar-refractivity contribution in [3.8, 4) is 0 Å². The fourth-order valence-corrected chi connectivity index (χ4v) is 1.93. The predicted molar refractivity (Wildman–Crippen MR) is 66.4 cm³/mol. The van der Waals surface area contributed by atoms with Gasteiger partial charge in [0.15, 0.2) is 0 Å². The van der Waals surface area contributed by atoms with Crippen LogP contribution in [0.5, 0.6) is 0 Å². The number of carbonyl (C=O) groups excluding carboxylic acids is 1. The molecule has 1 heterocycles. The van der Waals surface area contributed by atoms with Gasteiger partial charge in [-0.2, -0.15) is 0 Å². The maximum Gasteiger partial charge on any atom is 0.311 e. The highest BCUT2D eigenvalue weighted by molar-refractivity contribution is 6.29. The van der Waals surface area contributed by atoms with Crippen LogP contribution in [0.25, 0.3) is 0 Å². The third kappa shape index (κ3) is 2.43. The molecule has 1 unspecified atom stereocenters. The standard InChI is InChI=1S/C11H12ClN3O3/c1-11(2)5-6(11)10(16)14-9-7(15(17)18)3-4-8(12)13-9/h3-4,6H,5H2,1-2H3,(H,13,14,16). The van der Waals surface area contributed by atoms with Crippen molar-refractivity contribution in [1.82, 2.24) is 4.98 Å². The van der Waals surface area contributed by atoms with Crippen LogP contribution < -0.4 is 5.32 Å². The van der Waals surface area contributed by atoms with E-state index in [1.807, 2.05) is 13.8 Å². The Morgan fingerprint density at radius 1 is 1.61 bits per heavy atom. The van der Waals surface area contributed by atoms with E-state index in [1.54, 1.807) is 0 Å². The van der Waals surface area contributed by atoms with Crippen molar-refractivity contribution in [1.29, 1.82) is 0 Å². The summed E-state index contributed by atoms with van der Waals surface area (Å²) in [5.41, 5.74) is -0.302. The van der Waals surface area contributed by atoms with Crippen LogP contribution in [0.2, 0.25) is 5.15 Å². The van der Waals surface area contributed by atoms with E-state index in [-0.39, 0.29) is 33.9 Å². The molecule has 18 heavy (non-hydrogen) atoms. The molecule has 2 rings (SSSR count). The fraction of sp³-hybridized carbons (Fsp3) is 0.455. The van der Waals surface area contributed by atoms with Crippen LogP contribution >= 0.6 is 11.6 Å². The number of hydrogen-bond acceptors (Lipinski definition) is 4. The number of rotatable bonds is 3. The fourth-order valence-electron chi connectivity index (χ4n) is 1.79. The van der Waals surface area contributed by atoms with Gasteiger partial charge < -0.3 is 5.32 Å². The average molecular weight is 270 g/mol. The second-order valence-electron chi connectivity index (χ2n) is 4.99. The van der Waals surface area contributed by atoms with E-state index >= 15 is 0 Å². The number of carbonyl (C=O) groups is 1. The number of nitro groups is 1. The number of anilines is 1. The Morgan fingerprint density at radius 3 is 2.72 bits per heavy atom. The van der Waals surface area contributed by atoms with Crippen molar-refractivity contribution < 1.29 is 9.72 Å². The molecule has 1 aromatic heterocycles. The molecule has 1 aliphatic rings. The molecule has 7 heteroatoms. The lowest BCUT2D eigenvalue weighted by atomic mass is 10.1. The van der Waals surface area contributed by atoms with Crippen LogP contribution in [0, 0.1) is 21.4 Å². The first-order valence-electron chi connectivity index (χ1n) is 5.43. The topological polar surface area (TPSA) is 85.1 Å². The van der Waals surface area contributed by atoms with E-state index < -0.39 is 4.92 Å². The molecule has 1 N–H and O–H groups in total. The average Bonchev–Trinajstić information content (AvgIpc) is 2.87. The van der Waals surface area contributed by atoms with E-state index in [0.29, 0.717) is 0 Å². The zero-order valence-corrected chi connectivity index (χ0v) is 10.7. The quantitative estimate of drug-likeness (QED) is 0.519. The summed E-state index contributed by atoms with van der Waals surface area (Å²) >= 11 is 5.67. The maximum absolute atomic E-state index is 11.9. The zero-order valence-electron chi connectivity index (χ0n) is 9.94. The van der Waals surface area contributed by atoms with Crippen LogP contribution in [0.3, 0.4) is 0 Å². The number of nitrogens with zero attached hydrogens (tertiary/aromatic N) is 2. The molecule has 1 fully saturated rings. The summed E-state index contributed by atoms with van der Waals surface area (Å²) < 4.78 is 0. The molecule has 0 aromatic carbocycles. The second-order valence-corrected chi connectivity index (χ2v) is 5.38. The third-order valence-electron chi connectivity index (χ3n) is 3.11. The Balaban J connectivity index is 2.21. The molecule has 96 valence electrons. The van der Waals surface area contributed by atoms with Gasteiger partial charge in [-0.25, -0.2) is 4.98 Å². The minimum absolute atomic E-state index is 0.0442. The first kappa shape index (κ1) is 12.8. The smallest absolute Gasteiger partial charge is 0.305 e. The molecule has 1 amide bonds. The lowest BCUT2D eigenvalue weighted by Crippen LogP contribution is -2.18. The third-order valence-corrected chi connectivity index (χ3v) is 3.32. The van der Waals surface area contributed by atoms with Crippen LogP contribution in [0.15, 0.2) is 12.1 Å². The number of aromatic nitrogens is 1. The molecule has 1 saturated carbocycles. The Bertz CT molecular complexity index is 530. The van der Waals surface area contributed by atoms with Gasteiger partial charge in [-0.05, 0) is 17.9 Å². The second kappa shape index (κ2) is 4.20. The van der Waals surface area contributed by atoms with Gasteiger partial charge in [0, 0.05) is 12.0 Å². The van der Waals surface area contributed by atoms with Gasteiger partial charge in [0.1, 0.15) is 5.15 Å². The van der Waals surface area contributed by atoms with Gasteiger partial charge in [0.25, 0.3) is 0 Å². The van der Waals surface area contributed by atoms with Crippen molar-refractivity contribution in [3.05, 3.63) is 27.4 Å². The van der Waals surface area contributed by atoms with Gasteiger partial charge in [-0.1, -0.05) is 25.4 Å². The first-order valence-corrected chi connectivity index (χ1v) is 5.81. The first-order chi connectivity index (χ1) is 8.31. The zero-order chi connectivity index (χ0) is 13.5. The summed E-state index contributed by atoms with van der Waals surface area (Å²) in [7, 11) is 0. The largest absolute Gasteiger partial charge is 0.311 e. The highest BCUT2D eigenvalue weighted by atomic mass is 35.5. The lowest BCUT2D eigenvalue weighted by Gasteiger charge is -2.06. The maximum atomic E-state index is 11.9. The van der Waals surface area contributed by atoms with E-state index in [1.165, 1.54) is 12.1 Å². The molecule has 1 aromatic rings. The Morgan fingerprint density at radius 2 is 2.22 bits per heavy atom. The highest BCUT2D eigenvalue weighted by Crippen LogP contribution is 2.52.